The molecule has 0 saturated carbocycles. The molecule has 8 nitrogen and oxygen atoms in total. The van der Waals surface area contributed by atoms with E-state index >= 15 is 0 Å². The highest BCUT2D eigenvalue weighted by molar-refractivity contribution is 14.1. The molecule has 1 heterocycles. The van der Waals surface area contributed by atoms with Crippen LogP contribution in [0.2, 0.25) is 0 Å². The number of carboxylic acids is 1. The number of amides is 2. The number of carboxylic acid groups (broad SMARTS) is 1. The second-order valence-corrected chi connectivity index (χ2v) is 9.04. The van der Waals surface area contributed by atoms with Gasteiger partial charge in [0.2, 0.25) is 0 Å². The van der Waals surface area contributed by atoms with Crippen molar-refractivity contribution >= 4 is 57.5 Å². The zero-order chi connectivity index (χ0) is 24.0. The van der Waals surface area contributed by atoms with Gasteiger partial charge in [-0.05, 0) is 82.7 Å². The molecule has 0 bridgehead atoms. The minimum absolute atomic E-state index is 0.208. The third-order valence-electron chi connectivity index (χ3n) is 4.61. The molecule has 0 spiro atoms. The van der Waals surface area contributed by atoms with Gasteiger partial charge in [0, 0.05) is 7.11 Å². The number of carbonyl (C=O) groups excluding carboxylic acids is 2. The van der Waals surface area contributed by atoms with E-state index in [1.54, 1.807) is 24.3 Å². The summed E-state index contributed by atoms with van der Waals surface area (Å²) in [5, 5.41) is 8.70. The minimum Gasteiger partial charge on any atom is -0.490 e. The molecular weight excluding hydrogens is 561 g/mol. The van der Waals surface area contributed by atoms with Crippen LogP contribution in [0, 0.1) is 3.57 Å². The van der Waals surface area contributed by atoms with Gasteiger partial charge in [0.05, 0.1) is 33.8 Å². The number of hydrogen-bond donors (Lipinski definition) is 1. The van der Waals surface area contributed by atoms with Gasteiger partial charge in [-0.25, -0.2) is 4.79 Å². The Bertz CT molecular complexity index is 1080. The molecule has 0 aromatic heterocycles. The lowest BCUT2D eigenvalue weighted by molar-refractivity contribution is -0.123. The van der Waals surface area contributed by atoms with Crippen LogP contribution in [0.3, 0.4) is 0 Å². The van der Waals surface area contributed by atoms with Gasteiger partial charge in [0.25, 0.3) is 11.1 Å². The van der Waals surface area contributed by atoms with Crippen LogP contribution >= 0.6 is 34.4 Å². The van der Waals surface area contributed by atoms with Gasteiger partial charge in [-0.1, -0.05) is 12.1 Å². The summed E-state index contributed by atoms with van der Waals surface area (Å²) in [6.07, 6.45) is 1.66. The fraction of sp³-hybridized carbons (Fsp3) is 0.261. The quantitative estimate of drug-likeness (QED) is 0.319. The van der Waals surface area contributed by atoms with Gasteiger partial charge in [-0.2, -0.15) is 0 Å². The van der Waals surface area contributed by atoms with Crippen molar-refractivity contribution in [3.8, 4) is 11.5 Å². The van der Waals surface area contributed by atoms with Crippen molar-refractivity contribution in [1.82, 2.24) is 4.90 Å². The molecule has 1 saturated heterocycles. The largest absolute Gasteiger partial charge is 0.490 e. The second kappa shape index (κ2) is 11.5. The average molecular weight is 583 g/mol. The van der Waals surface area contributed by atoms with Crippen molar-refractivity contribution < 1.29 is 33.7 Å². The van der Waals surface area contributed by atoms with Crippen LogP contribution in [-0.4, -0.2) is 54.0 Å². The zero-order valence-corrected chi connectivity index (χ0v) is 21.0. The van der Waals surface area contributed by atoms with Crippen LogP contribution in [0.1, 0.15) is 28.4 Å². The summed E-state index contributed by atoms with van der Waals surface area (Å²) in [6.45, 7) is 2.99. The van der Waals surface area contributed by atoms with Crippen molar-refractivity contribution in [3.05, 3.63) is 61.6 Å². The van der Waals surface area contributed by atoms with E-state index in [1.165, 1.54) is 24.1 Å². The zero-order valence-electron chi connectivity index (χ0n) is 18.0. The van der Waals surface area contributed by atoms with E-state index in [9.17, 15) is 14.4 Å². The fourth-order valence-corrected chi connectivity index (χ4v) is 4.65. The van der Waals surface area contributed by atoms with E-state index in [-0.39, 0.29) is 36.5 Å². The number of methoxy groups -OCH3 is 1. The van der Waals surface area contributed by atoms with Crippen LogP contribution in [0.4, 0.5) is 4.79 Å². The Balaban J connectivity index is 1.81. The molecule has 2 aromatic rings. The van der Waals surface area contributed by atoms with Crippen LogP contribution in [0.5, 0.6) is 11.5 Å². The number of ether oxygens (including phenoxy) is 3. The molecule has 0 unspecified atom stereocenters. The number of nitrogens with zero attached hydrogens (tertiary/aromatic N) is 1. The van der Waals surface area contributed by atoms with E-state index in [0.717, 1.165) is 20.9 Å². The van der Waals surface area contributed by atoms with E-state index in [0.29, 0.717) is 28.6 Å². The lowest BCUT2D eigenvalue weighted by Crippen LogP contribution is -2.31. The molecule has 174 valence electrons. The highest BCUT2D eigenvalue weighted by atomic mass is 127. The second-order valence-electron chi connectivity index (χ2n) is 6.88. The van der Waals surface area contributed by atoms with Crippen LogP contribution in [0.15, 0.2) is 41.3 Å². The summed E-state index contributed by atoms with van der Waals surface area (Å²) in [4.78, 5) is 37.2. The van der Waals surface area contributed by atoms with Crippen LogP contribution in [0.25, 0.3) is 6.08 Å². The smallest absolute Gasteiger partial charge is 0.335 e. The average Bonchev–Trinajstić information content (AvgIpc) is 3.04. The van der Waals surface area contributed by atoms with Crippen molar-refractivity contribution in [2.45, 2.75) is 13.5 Å². The highest BCUT2D eigenvalue weighted by Crippen LogP contribution is 2.37. The molecule has 33 heavy (non-hydrogen) atoms. The first-order valence-corrected chi connectivity index (χ1v) is 11.9. The first-order chi connectivity index (χ1) is 15.8. The lowest BCUT2D eigenvalue weighted by atomic mass is 10.1. The molecular formula is C23H22INO7S. The Labute approximate surface area is 209 Å². The Morgan fingerprint density at radius 1 is 1.18 bits per heavy atom. The van der Waals surface area contributed by atoms with Gasteiger partial charge in [0.15, 0.2) is 11.5 Å². The first kappa shape index (κ1) is 25.1. The Morgan fingerprint density at radius 3 is 2.55 bits per heavy atom. The molecule has 1 fully saturated rings. The molecule has 2 amide bonds. The number of thioether (sulfide) groups is 1. The molecule has 1 aliphatic rings. The van der Waals surface area contributed by atoms with Crippen molar-refractivity contribution in [3.63, 3.8) is 0 Å². The fourth-order valence-electron chi connectivity index (χ4n) is 3.00. The molecule has 0 radical (unpaired) electrons. The Kier molecular flexibility index (Phi) is 8.75. The van der Waals surface area contributed by atoms with Crippen LogP contribution < -0.4 is 9.47 Å². The van der Waals surface area contributed by atoms with Crippen LogP contribution in [-0.2, 0) is 16.1 Å². The van der Waals surface area contributed by atoms with Crippen molar-refractivity contribution in [2.24, 2.45) is 0 Å². The third-order valence-corrected chi connectivity index (χ3v) is 6.31. The number of aromatic carboxylic acids is 1. The highest BCUT2D eigenvalue weighted by Gasteiger charge is 2.34. The monoisotopic (exact) mass is 583 g/mol. The molecule has 0 aliphatic carbocycles. The van der Waals surface area contributed by atoms with Gasteiger partial charge >= 0.3 is 5.97 Å². The number of halogens is 1. The number of imide groups is 1. The number of hydrogen-bond acceptors (Lipinski definition) is 7. The maximum atomic E-state index is 12.6. The maximum absolute atomic E-state index is 12.6. The van der Waals surface area contributed by atoms with Crippen molar-refractivity contribution in [2.75, 3.05) is 26.9 Å². The molecule has 0 atom stereocenters. The molecule has 3 rings (SSSR count). The first-order valence-electron chi connectivity index (χ1n) is 9.99. The van der Waals surface area contributed by atoms with Gasteiger partial charge in [-0.15, -0.1) is 0 Å². The van der Waals surface area contributed by atoms with E-state index in [4.69, 9.17) is 19.3 Å². The standard InChI is InChI=1S/C23H22INO7S/c1-3-31-18-11-15(12-19-21(26)25(8-9-30-2)23(29)33-19)10-17(24)20(18)32-13-14-4-6-16(7-5-14)22(27)28/h4-7,10-12H,3,8-9,13H2,1-2H3,(H,27,28)/b19-12+. The predicted octanol–water partition coefficient (Wildman–Crippen LogP) is 4.65. The van der Waals surface area contributed by atoms with Gasteiger partial charge < -0.3 is 19.3 Å². The third kappa shape index (κ3) is 6.27. The predicted molar refractivity (Wildman–Crippen MR) is 133 cm³/mol. The topological polar surface area (TPSA) is 102 Å². The summed E-state index contributed by atoms with van der Waals surface area (Å²) in [5.74, 6) is -0.274. The summed E-state index contributed by atoms with van der Waals surface area (Å²) >= 11 is 3.02. The van der Waals surface area contributed by atoms with Gasteiger partial charge in [-0.3, -0.25) is 14.5 Å². The van der Waals surface area contributed by atoms with E-state index < -0.39 is 5.97 Å². The summed E-state index contributed by atoms with van der Waals surface area (Å²) in [7, 11) is 1.51. The number of rotatable bonds is 10. The number of carbonyl (C=O) groups is 3. The number of benzene rings is 2. The summed E-state index contributed by atoms with van der Waals surface area (Å²) < 4.78 is 17.5. The SMILES string of the molecule is CCOc1cc(/C=C2/SC(=O)N(CCOC)C2=O)cc(I)c1OCc1ccc(C(=O)O)cc1. The summed E-state index contributed by atoms with van der Waals surface area (Å²) in [5.41, 5.74) is 1.73. The van der Waals surface area contributed by atoms with E-state index in [1.807, 2.05) is 13.0 Å². The molecule has 1 aliphatic heterocycles. The molecule has 2 aromatic carbocycles. The lowest BCUT2D eigenvalue weighted by Gasteiger charge is -2.15. The maximum Gasteiger partial charge on any atom is 0.335 e. The molecule has 1 N–H and O–H groups in total. The molecule has 10 heteroatoms. The van der Waals surface area contributed by atoms with Crippen molar-refractivity contribution in [1.29, 1.82) is 0 Å². The minimum atomic E-state index is -0.984. The van der Waals surface area contributed by atoms with Gasteiger partial charge in [0.1, 0.15) is 6.61 Å². The van der Waals surface area contributed by atoms with E-state index in [2.05, 4.69) is 22.6 Å². The Morgan fingerprint density at radius 2 is 1.91 bits per heavy atom. The normalized spacial score (nSPS) is 14.8. The Hall–Kier alpha value is -2.57. The summed E-state index contributed by atoms with van der Waals surface area (Å²) in [6, 6.07) is 10.1.